The number of amides is 1. The van der Waals surface area contributed by atoms with Crippen LogP contribution in [-0.4, -0.2) is 27.3 Å². The van der Waals surface area contributed by atoms with Gasteiger partial charge in [-0.2, -0.15) is 5.10 Å². The molecule has 0 saturated heterocycles. The smallest absolute Gasteiger partial charge is 0.263 e. The molecule has 0 spiro atoms. The highest BCUT2D eigenvalue weighted by Gasteiger charge is 2.15. The third kappa shape index (κ3) is 3.67. The molecule has 1 N–H and O–H groups in total. The maximum atomic E-state index is 12.4. The normalized spacial score (nSPS) is 11.1. The van der Waals surface area contributed by atoms with Crippen LogP contribution in [0.1, 0.15) is 18.9 Å². The molecule has 0 radical (unpaired) electrons. The number of pyridine rings is 1. The van der Waals surface area contributed by atoms with Gasteiger partial charge < -0.3 is 10.1 Å². The Hall–Kier alpha value is -3.41. The van der Waals surface area contributed by atoms with E-state index in [1.54, 1.807) is 0 Å². The molecule has 28 heavy (non-hydrogen) atoms. The molecule has 0 fully saturated rings. The van der Waals surface area contributed by atoms with Gasteiger partial charge in [0.1, 0.15) is 5.75 Å². The number of aromatic nitrogens is 3. The molecule has 0 unspecified atom stereocenters. The van der Waals surface area contributed by atoms with Gasteiger partial charge in [0.05, 0.1) is 10.9 Å². The molecule has 4 aromatic rings. The molecule has 0 saturated carbocycles. The number of para-hydroxylation sites is 1. The van der Waals surface area contributed by atoms with E-state index in [0.29, 0.717) is 11.6 Å². The Kier molecular flexibility index (Phi) is 4.93. The van der Waals surface area contributed by atoms with Crippen molar-refractivity contribution in [1.82, 2.24) is 14.8 Å². The number of aryl methyl sites for hydroxylation is 2. The van der Waals surface area contributed by atoms with E-state index >= 15 is 0 Å². The van der Waals surface area contributed by atoms with Crippen LogP contribution in [0.15, 0.2) is 54.6 Å². The second kappa shape index (κ2) is 7.68. The average molecular weight is 374 g/mol. The zero-order valence-corrected chi connectivity index (χ0v) is 16.0. The molecule has 6 heteroatoms. The minimum Gasteiger partial charge on any atom is -0.484 e. The largest absolute Gasteiger partial charge is 0.484 e. The van der Waals surface area contributed by atoms with Gasteiger partial charge >= 0.3 is 0 Å². The number of ether oxygens (including phenoxy) is 1. The zero-order valence-electron chi connectivity index (χ0n) is 16.0. The summed E-state index contributed by atoms with van der Waals surface area (Å²) in [6, 6.07) is 17.5. The van der Waals surface area contributed by atoms with Crippen molar-refractivity contribution in [2.75, 3.05) is 11.9 Å². The van der Waals surface area contributed by atoms with E-state index in [0.717, 1.165) is 40.5 Å². The minimum absolute atomic E-state index is 0.0770. The predicted octanol–water partition coefficient (Wildman–Crippen LogP) is 4.32. The van der Waals surface area contributed by atoms with Gasteiger partial charge in [-0.1, -0.05) is 37.3 Å². The van der Waals surface area contributed by atoms with Crippen molar-refractivity contribution in [2.45, 2.75) is 26.8 Å². The number of fused-ring (bicyclic) bond motifs is 2. The van der Waals surface area contributed by atoms with E-state index in [2.05, 4.69) is 29.5 Å². The fourth-order valence-corrected chi connectivity index (χ4v) is 3.15. The Morgan fingerprint density at radius 1 is 1.14 bits per heavy atom. The van der Waals surface area contributed by atoms with E-state index < -0.39 is 0 Å². The van der Waals surface area contributed by atoms with Crippen molar-refractivity contribution < 1.29 is 9.53 Å². The quantitative estimate of drug-likeness (QED) is 0.546. The molecule has 6 nitrogen and oxygen atoms in total. The lowest BCUT2D eigenvalue weighted by Crippen LogP contribution is -2.20. The molecule has 2 heterocycles. The first-order valence-corrected chi connectivity index (χ1v) is 9.39. The summed E-state index contributed by atoms with van der Waals surface area (Å²) < 4.78 is 7.38. The first-order valence-electron chi connectivity index (χ1n) is 9.39. The van der Waals surface area contributed by atoms with Crippen molar-refractivity contribution in [1.29, 1.82) is 0 Å². The van der Waals surface area contributed by atoms with Crippen LogP contribution in [0.5, 0.6) is 5.75 Å². The summed E-state index contributed by atoms with van der Waals surface area (Å²) in [6.45, 7) is 4.79. The van der Waals surface area contributed by atoms with Crippen LogP contribution in [0.25, 0.3) is 21.9 Å². The van der Waals surface area contributed by atoms with Gasteiger partial charge in [-0.3, -0.25) is 4.79 Å². The summed E-state index contributed by atoms with van der Waals surface area (Å²) in [6.07, 6.45) is 0.925. The highest BCUT2D eigenvalue weighted by atomic mass is 16.5. The molecule has 0 aliphatic heterocycles. The Morgan fingerprint density at radius 3 is 2.75 bits per heavy atom. The summed E-state index contributed by atoms with van der Waals surface area (Å²) >= 11 is 0. The lowest BCUT2D eigenvalue weighted by Gasteiger charge is -2.06. The molecule has 0 atom stereocenters. The Bertz CT molecular complexity index is 1140. The van der Waals surface area contributed by atoms with Crippen molar-refractivity contribution in [3.05, 3.63) is 60.2 Å². The first kappa shape index (κ1) is 18.0. The standard InChI is InChI=1S/C22H22N4O2/c1-3-11-26-22-18(13-16-10-9-15(2)12-19(16)23-22)21(25-26)24-20(27)14-28-17-7-5-4-6-8-17/h4-10,12-13H,3,11,14H2,1-2H3,(H,24,25,27). The first-order chi connectivity index (χ1) is 13.6. The van der Waals surface area contributed by atoms with Crippen LogP contribution < -0.4 is 10.1 Å². The van der Waals surface area contributed by atoms with E-state index in [1.807, 2.05) is 54.1 Å². The molecule has 2 aromatic heterocycles. The van der Waals surface area contributed by atoms with Crippen molar-refractivity contribution in [2.24, 2.45) is 0 Å². The Labute approximate surface area is 163 Å². The molecule has 4 rings (SSSR count). The number of carbonyl (C=O) groups excluding carboxylic acids is 1. The maximum Gasteiger partial charge on any atom is 0.263 e. The molecule has 2 aromatic carbocycles. The summed E-state index contributed by atoms with van der Waals surface area (Å²) in [5.74, 6) is 0.915. The minimum atomic E-state index is -0.254. The summed E-state index contributed by atoms with van der Waals surface area (Å²) in [5.41, 5.74) is 2.86. The highest BCUT2D eigenvalue weighted by Crippen LogP contribution is 2.26. The molecule has 142 valence electrons. The summed E-state index contributed by atoms with van der Waals surface area (Å²) in [7, 11) is 0. The van der Waals surface area contributed by atoms with Crippen LogP contribution >= 0.6 is 0 Å². The van der Waals surface area contributed by atoms with Gasteiger partial charge in [-0.25, -0.2) is 9.67 Å². The van der Waals surface area contributed by atoms with Crippen molar-refractivity contribution in [3.63, 3.8) is 0 Å². The summed E-state index contributed by atoms with van der Waals surface area (Å²) in [4.78, 5) is 17.2. The fourth-order valence-electron chi connectivity index (χ4n) is 3.15. The number of rotatable bonds is 6. The average Bonchev–Trinajstić information content (AvgIpc) is 3.02. The van der Waals surface area contributed by atoms with Gasteiger partial charge in [-0.05, 0) is 43.2 Å². The van der Waals surface area contributed by atoms with Crippen LogP contribution in [-0.2, 0) is 11.3 Å². The predicted molar refractivity (Wildman–Crippen MR) is 111 cm³/mol. The number of carbonyl (C=O) groups is 1. The zero-order chi connectivity index (χ0) is 19.5. The lowest BCUT2D eigenvalue weighted by molar-refractivity contribution is -0.118. The second-order valence-corrected chi connectivity index (χ2v) is 6.78. The summed E-state index contributed by atoms with van der Waals surface area (Å²) in [5, 5.41) is 9.31. The third-order valence-corrected chi connectivity index (χ3v) is 4.48. The lowest BCUT2D eigenvalue weighted by atomic mass is 10.1. The number of nitrogens with zero attached hydrogens (tertiary/aromatic N) is 3. The highest BCUT2D eigenvalue weighted by molar-refractivity contribution is 6.03. The SMILES string of the molecule is CCCn1nc(NC(=O)COc2ccccc2)c2cc3ccc(C)cc3nc21. The monoisotopic (exact) mass is 374 g/mol. The van der Waals surface area contributed by atoms with Gasteiger partial charge in [-0.15, -0.1) is 0 Å². The van der Waals surface area contributed by atoms with Crippen LogP contribution in [0.2, 0.25) is 0 Å². The molecule has 0 bridgehead atoms. The van der Waals surface area contributed by atoms with Crippen LogP contribution in [0.3, 0.4) is 0 Å². The molecular formula is C22H22N4O2. The van der Waals surface area contributed by atoms with E-state index in [-0.39, 0.29) is 12.5 Å². The van der Waals surface area contributed by atoms with Gasteiger partial charge in [0.15, 0.2) is 18.1 Å². The van der Waals surface area contributed by atoms with E-state index in [9.17, 15) is 4.79 Å². The molecule has 1 amide bonds. The second-order valence-electron chi connectivity index (χ2n) is 6.78. The molecular weight excluding hydrogens is 352 g/mol. The number of anilines is 1. The van der Waals surface area contributed by atoms with Gasteiger partial charge in [0.2, 0.25) is 0 Å². The topological polar surface area (TPSA) is 69.0 Å². The maximum absolute atomic E-state index is 12.4. The molecule has 0 aliphatic carbocycles. The fraction of sp³-hybridized carbons (Fsp3) is 0.227. The molecule has 0 aliphatic rings. The van der Waals surface area contributed by atoms with Crippen LogP contribution in [0.4, 0.5) is 5.82 Å². The van der Waals surface area contributed by atoms with Gasteiger partial charge in [0, 0.05) is 11.9 Å². The van der Waals surface area contributed by atoms with Crippen molar-refractivity contribution in [3.8, 4) is 5.75 Å². The number of benzene rings is 2. The van der Waals surface area contributed by atoms with Gasteiger partial charge in [0.25, 0.3) is 5.91 Å². The van der Waals surface area contributed by atoms with E-state index in [1.165, 1.54) is 0 Å². The van der Waals surface area contributed by atoms with E-state index in [4.69, 9.17) is 9.72 Å². The Morgan fingerprint density at radius 2 is 1.96 bits per heavy atom. The van der Waals surface area contributed by atoms with Crippen molar-refractivity contribution >= 4 is 33.7 Å². The number of hydrogen-bond donors (Lipinski definition) is 1. The number of nitrogens with one attached hydrogen (secondary N) is 1. The number of hydrogen-bond acceptors (Lipinski definition) is 4. The third-order valence-electron chi connectivity index (χ3n) is 4.48. The van der Waals surface area contributed by atoms with Crippen LogP contribution in [0, 0.1) is 6.92 Å². The Balaban J connectivity index is 1.63.